The van der Waals surface area contributed by atoms with E-state index in [1.807, 2.05) is 6.08 Å². The Morgan fingerprint density at radius 1 is 0.900 bits per heavy atom. The number of allylic oxidation sites excluding steroid dienone is 1. The number of hydrogen-bond acceptors (Lipinski definition) is 0. The van der Waals surface area contributed by atoms with Gasteiger partial charge in [-0.3, -0.25) is 0 Å². The van der Waals surface area contributed by atoms with Gasteiger partial charge in [-0.2, -0.15) is 0 Å². The van der Waals surface area contributed by atoms with Crippen molar-refractivity contribution in [2.75, 3.05) is 0 Å². The maximum absolute atomic E-state index is 14.9. The first kappa shape index (κ1) is 21.2. The van der Waals surface area contributed by atoms with Crippen LogP contribution in [-0.4, -0.2) is 0 Å². The second kappa shape index (κ2) is 8.99. The zero-order chi connectivity index (χ0) is 21.3. The number of aryl methyl sites for hydroxylation is 1. The Hall–Kier alpha value is -2.03. The fourth-order valence-corrected chi connectivity index (χ4v) is 5.76. The van der Waals surface area contributed by atoms with Gasteiger partial charge in [-0.1, -0.05) is 24.6 Å². The molecule has 30 heavy (non-hydrogen) atoms. The normalized spacial score (nSPS) is 26.3. The van der Waals surface area contributed by atoms with Crippen LogP contribution < -0.4 is 0 Å². The highest BCUT2D eigenvalue weighted by Gasteiger charge is 2.36. The summed E-state index contributed by atoms with van der Waals surface area (Å²) in [5.41, 5.74) is 1.34. The van der Waals surface area contributed by atoms with Crippen LogP contribution in [0.1, 0.15) is 68.4 Å². The van der Waals surface area contributed by atoms with Gasteiger partial charge < -0.3 is 0 Å². The average molecular weight is 413 g/mol. The fourth-order valence-electron chi connectivity index (χ4n) is 5.76. The van der Waals surface area contributed by atoms with E-state index in [1.54, 1.807) is 19.1 Å². The Labute approximate surface area is 178 Å². The van der Waals surface area contributed by atoms with Gasteiger partial charge in [0.05, 0.1) is 5.56 Å². The molecule has 4 atom stereocenters. The van der Waals surface area contributed by atoms with Gasteiger partial charge in [-0.15, -0.1) is 6.58 Å². The van der Waals surface area contributed by atoms with Crippen LogP contribution >= 0.6 is 0 Å². The summed E-state index contributed by atoms with van der Waals surface area (Å²) < 4.78 is 43.7. The molecule has 2 saturated carbocycles. The van der Waals surface area contributed by atoms with Crippen molar-refractivity contribution >= 4 is 0 Å². The molecule has 3 heteroatoms. The molecular weight excluding hydrogens is 381 g/mol. The number of rotatable bonds is 5. The largest absolute Gasteiger partial charge is 0.207 e. The molecule has 0 heterocycles. The van der Waals surface area contributed by atoms with E-state index < -0.39 is 17.5 Å². The van der Waals surface area contributed by atoms with Gasteiger partial charge in [0.2, 0.25) is 0 Å². The Morgan fingerprint density at radius 3 is 2.30 bits per heavy atom. The Kier molecular flexibility index (Phi) is 6.36. The molecule has 0 radical (unpaired) electrons. The first-order valence-corrected chi connectivity index (χ1v) is 11.3. The van der Waals surface area contributed by atoms with Crippen molar-refractivity contribution in [2.45, 2.75) is 64.2 Å². The molecule has 2 aromatic carbocycles. The highest BCUT2D eigenvalue weighted by molar-refractivity contribution is 5.66. The van der Waals surface area contributed by atoms with E-state index in [-0.39, 0.29) is 17.0 Å². The third-order valence-corrected chi connectivity index (χ3v) is 7.50. The summed E-state index contributed by atoms with van der Waals surface area (Å²) in [5.74, 6) is 0.813. The number of halogens is 3. The highest BCUT2D eigenvalue weighted by Crippen LogP contribution is 2.48. The second-order valence-electron chi connectivity index (χ2n) is 9.40. The standard InChI is InChI=1S/C27H31F3/c1-3-4-5-18-7-9-20-13-21(11-10-19(20)12-18)23-15-25(29)27(26(30)16-23)22-8-6-17(2)24(28)14-22/h3,6,8,14-16,18-21H,1,4-5,7,9-13H2,2H3. The lowest BCUT2D eigenvalue weighted by molar-refractivity contribution is 0.115. The molecular formula is C27H31F3. The quantitative estimate of drug-likeness (QED) is 0.433. The van der Waals surface area contributed by atoms with Crippen molar-refractivity contribution in [3.63, 3.8) is 0 Å². The van der Waals surface area contributed by atoms with Crippen molar-refractivity contribution < 1.29 is 13.2 Å². The van der Waals surface area contributed by atoms with E-state index in [2.05, 4.69) is 6.58 Å². The first-order chi connectivity index (χ1) is 14.5. The average Bonchev–Trinajstić information content (AvgIpc) is 2.73. The smallest absolute Gasteiger partial charge is 0.134 e. The third kappa shape index (κ3) is 4.36. The van der Waals surface area contributed by atoms with Crippen molar-refractivity contribution in [3.05, 3.63) is 71.6 Å². The van der Waals surface area contributed by atoms with Gasteiger partial charge in [0.25, 0.3) is 0 Å². The lowest BCUT2D eigenvalue weighted by atomic mass is 9.63. The highest BCUT2D eigenvalue weighted by atomic mass is 19.1. The summed E-state index contributed by atoms with van der Waals surface area (Å²) in [5, 5.41) is 0. The molecule has 0 nitrogen and oxygen atoms in total. The van der Waals surface area contributed by atoms with E-state index in [0.717, 1.165) is 43.1 Å². The topological polar surface area (TPSA) is 0 Å². The molecule has 0 aromatic heterocycles. The van der Waals surface area contributed by atoms with Crippen LogP contribution in [0.25, 0.3) is 11.1 Å². The minimum atomic E-state index is -0.594. The summed E-state index contributed by atoms with van der Waals surface area (Å²) in [6, 6.07) is 7.32. The lowest BCUT2D eigenvalue weighted by Gasteiger charge is -2.42. The minimum Gasteiger partial charge on any atom is -0.207 e. The van der Waals surface area contributed by atoms with Gasteiger partial charge in [0.15, 0.2) is 0 Å². The summed E-state index contributed by atoms with van der Waals surface area (Å²) in [7, 11) is 0. The molecule has 2 aliphatic carbocycles. The van der Waals surface area contributed by atoms with E-state index in [1.165, 1.54) is 43.9 Å². The van der Waals surface area contributed by atoms with Gasteiger partial charge in [0.1, 0.15) is 17.5 Å². The SMILES string of the molecule is C=CCCC1CCC2CC(c3cc(F)c(-c4ccc(C)c(F)c4)c(F)c3)CCC2C1. The summed E-state index contributed by atoms with van der Waals surface area (Å²) >= 11 is 0. The van der Waals surface area contributed by atoms with Gasteiger partial charge >= 0.3 is 0 Å². The molecule has 2 aliphatic rings. The summed E-state index contributed by atoms with van der Waals surface area (Å²) in [4.78, 5) is 0. The summed E-state index contributed by atoms with van der Waals surface area (Å²) in [6.45, 7) is 5.48. The fraction of sp³-hybridized carbons (Fsp3) is 0.481. The molecule has 0 spiro atoms. The molecule has 2 fully saturated rings. The predicted octanol–water partition coefficient (Wildman–Crippen LogP) is 8.35. The molecule has 160 valence electrons. The van der Waals surface area contributed by atoms with Gasteiger partial charge in [-0.25, -0.2) is 13.2 Å². The maximum atomic E-state index is 14.9. The molecule has 4 unspecified atom stereocenters. The van der Waals surface area contributed by atoms with Gasteiger partial charge in [-0.05, 0) is 110 Å². The molecule has 0 saturated heterocycles. The van der Waals surface area contributed by atoms with E-state index >= 15 is 0 Å². The van der Waals surface area contributed by atoms with E-state index in [9.17, 15) is 13.2 Å². The molecule has 0 N–H and O–H groups in total. The van der Waals surface area contributed by atoms with Crippen LogP contribution in [-0.2, 0) is 0 Å². The Bertz CT molecular complexity index is 893. The molecule has 2 aromatic rings. The second-order valence-corrected chi connectivity index (χ2v) is 9.40. The van der Waals surface area contributed by atoms with Crippen LogP contribution in [0.2, 0.25) is 0 Å². The van der Waals surface area contributed by atoms with Gasteiger partial charge in [0, 0.05) is 0 Å². The first-order valence-electron chi connectivity index (χ1n) is 11.3. The zero-order valence-corrected chi connectivity index (χ0v) is 17.8. The number of hydrogen-bond donors (Lipinski definition) is 0. The van der Waals surface area contributed by atoms with Crippen molar-refractivity contribution in [2.24, 2.45) is 17.8 Å². The molecule has 0 aliphatic heterocycles. The van der Waals surface area contributed by atoms with E-state index in [4.69, 9.17) is 0 Å². The Morgan fingerprint density at radius 2 is 1.60 bits per heavy atom. The van der Waals surface area contributed by atoms with Crippen LogP contribution in [0.4, 0.5) is 13.2 Å². The number of benzene rings is 2. The van der Waals surface area contributed by atoms with Crippen molar-refractivity contribution in [1.82, 2.24) is 0 Å². The summed E-state index contributed by atoms with van der Waals surface area (Å²) in [6.07, 6.45) is 11.3. The third-order valence-electron chi connectivity index (χ3n) is 7.50. The monoisotopic (exact) mass is 412 g/mol. The van der Waals surface area contributed by atoms with Crippen LogP contribution in [0.3, 0.4) is 0 Å². The Balaban J connectivity index is 1.49. The number of fused-ring (bicyclic) bond motifs is 1. The van der Waals surface area contributed by atoms with E-state index in [0.29, 0.717) is 11.5 Å². The maximum Gasteiger partial charge on any atom is 0.134 e. The lowest BCUT2D eigenvalue weighted by Crippen LogP contribution is -2.30. The van der Waals surface area contributed by atoms with Crippen LogP contribution in [0.5, 0.6) is 0 Å². The molecule has 4 rings (SSSR count). The molecule has 0 bridgehead atoms. The predicted molar refractivity (Wildman–Crippen MR) is 117 cm³/mol. The van der Waals surface area contributed by atoms with Crippen molar-refractivity contribution in [1.29, 1.82) is 0 Å². The minimum absolute atomic E-state index is 0.130. The van der Waals surface area contributed by atoms with Crippen LogP contribution in [0.15, 0.2) is 43.0 Å². The molecule has 0 amide bonds. The van der Waals surface area contributed by atoms with Crippen LogP contribution in [0, 0.1) is 42.1 Å². The van der Waals surface area contributed by atoms with Crippen molar-refractivity contribution in [3.8, 4) is 11.1 Å². The zero-order valence-electron chi connectivity index (χ0n) is 17.8.